The normalized spacial score (nSPS) is 16.0. The van der Waals surface area contributed by atoms with Crippen molar-refractivity contribution in [3.63, 3.8) is 0 Å². The Labute approximate surface area is 141 Å². The van der Waals surface area contributed by atoms with Crippen molar-refractivity contribution in [3.8, 4) is 5.75 Å². The predicted molar refractivity (Wildman–Crippen MR) is 89.5 cm³/mol. The molecule has 0 fully saturated rings. The number of hydrogen-bond acceptors (Lipinski definition) is 5. The van der Waals surface area contributed by atoms with Gasteiger partial charge in [0, 0.05) is 29.5 Å². The van der Waals surface area contributed by atoms with Gasteiger partial charge in [-0.25, -0.2) is 4.98 Å². The van der Waals surface area contributed by atoms with E-state index in [1.54, 1.807) is 22.8 Å². The van der Waals surface area contributed by atoms with E-state index in [4.69, 9.17) is 16.3 Å². The summed E-state index contributed by atoms with van der Waals surface area (Å²) in [5.74, 6) is 0.967. The summed E-state index contributed by atoms with van der Waals surface area (Å²) in [6.45, 7) is 0. The first-order valence-electron chi connectivity index (χ1n) is 6.92. The van der Waals surface area contributed by atoms with Gasteiger partial charge in [0.05, 0.1) is 18.8 Å². The summed E-state index contributed by atoms with van der Waals surface area (Å²) in [4.78, 5) is 28.4. The van der Waals surface area contributed by atoms with E-state index in [0.29, 0.717) is 27.4 Å². The van der Waals surface area contributed by atoms with Gasteiger partial charge in [-0.1, -0.05) is 23.4 Å². The molecule has 1 N–H and O–H groups in total. The van der Waals surface area contributed by atoms with Crippen LogP contribution in [0, 0.1) is 0 Å². The number of ether oxygens (including phenoxy) is 1. The molecule has 8 heteroatoms. The average Bonchev–Trinajstić information content (AvgIpc) is 2.92. The highest BCUT2D eigenvalue weighted by Crippen LogP contribution is 2.32. The van der Waals surface area contributed by atoms with Crippen molar-refractivity contribution in [1.29, 1.82) is 0 Å². The standard InChI is InChI=1S/C15H14ClN3O3S/c1-22-12-3-2-9(16)6-11(12)18-13(20)7-10-8-23-15-17-5-4-14(21)19(10)15/h2-6,10H,7-8H2,1H3,(H,18,20). The summed E-state index contributed by atoms with van der Waals surface area (Å²) in [7, 11) is 1.52. The third kappa shape index (κ3) is 3.35. The zero-order chi connectivity index (χ0) is 16.4. The van der Waals surface area contributed by atoms with E-state index in [0.717, 1.165) is 0 Å². The molecule has 0 bridgehead atoms. The number of hydrogen-bond donors (Lipinski definition) is 1. The van der Waals surface area contributed by atoms with E-state index in [2.05, 4.69) is 10.3 Å². The van der Waals surface area contributed by atoms with Crippen molar-refractivity contribution in [3.05, 3.63) is 45.8 Å². The molecule has 1 aliphatic rings. The molecule has 3 rings (SSSR count). The number of halogens is 1. The van der Waals surface area contributed by atoms with Gasteiger partial charge in [0.15, 0.2) is 5.16 Å². The number of anilines is 1. The first kappa shape index (κ1) is 15.9. The molecular weight excluding hydrogens is 338 g/mol. The lowest BCUT2D eigenvalue weighted by atomic mass is 10.2. The Morgan fingerprint density at radius 3 is 3.13 bits per heavy atom. The summed E-state index contributed by atoms with van der Waals surface area (Å²) in [5, 5.41) is 3.94. The van der Waals surface area contributed by atoms with Crippen LogP contribution in [0.15, 0.2) is 40.4 Å². The Bertz CT molecular complexity index is 809. The maximum absolute atomic E-state index is 12.3. The minimum absolute atomic E-state index is 0.141. The van der Waals surface area contributed by atoms with Gasteiger partial charge in [0.25, 0.3) is 5.56 Å². The fourth-order valence-corrected chi connectivity index (χ4v) is 3.73. The van der Waals surface area contributed by atoms with Crippen LogP contribution in [0.3, 0.4) is 0 Å². The molecule has 0 aliphatic carbocycles. The van der Waals surface area contributed by atoms with Crippen molar-refractivity contribution in [2.45, 2.75) is 17.6 Å². The molecule has 23 heavy (non-hydrogen) atoms. The van der Waals surface area contributed by atoms with Gasteiger partial charge < -0.3 is 10.1 Å². The molecule has 0 saturated heterocycles. The fraction of sp³-hybridized carbons (Fsp3) is 0.267. The number of carbonyl (C=O) groups excluding carboxylic acids is 1. The zero-order valence-corrected chi connectivity index (χ0v) is 13.9. The summed E-state index contributed by atoms with van der Waals surface area (Å²) in [5.41, 5.74) is 0.368. The first-order valence-corrected chi connectivity index (χ1v) is 8.28. The van der Waals surface area contributed by atoms with Crippen LogP contribution in [0.1, 0.15) is 12.5 Å². The molecule has 1 aliphatic heterocycles. The Kier molecular flexibility index (Phi) is 4.58. The molecule has 1 aromatic carbocycles. The lowest BCUT2D eigenvalue weighted by Crippen LogP contribution is -2.26. The Balaban J connectivity index is 1.75. The molecule has 1 aromatic heterocycles. The van der Waals surface area contributed by atoms with E-state index in [1.165, 1.54) is 31.1 Å². The molecule has 120 valence electrons. The molecule has 0 saturated carbocycles. The van der Waals surface area contributed by atoms with Crippen molar-refractivity contribution in [2.24, 2.45) is 0 Å². The van der Waals surface area contributed by atoms with Gasteiger partial charge in [-0.15, -0.1) is 0 Å². The lowest BCUT2D eigenvalue weighted by molar-refractivity contribution is -0.116. The monoisotopic (exact) mass is 351 g/mol. The Morgan fingerprint density at radius 2 is 2.35 bits per heavy atom. The van der Waals surface area contributed by atoms with Crippen LogP contribution >= 0.6 is 23.4 Å². The topological polar surface area (TPSA) is 73.2 Å². The Hall–Kier alpha value is -1.99. The van der Waals surface area contributed by atoms with Crippen molar-refractivity contribution in [1.82, 2.24) is 9.55 Å². The third-order valence-corrected chi connectivity index (χ3v) is 4.82. The molecule has 2 heterocycles. The first-order chi connectivity index (χ1) is 11.1. The number of nitrogens with one attached hydrogen (secondary N) is 1. The third-order valence-electron chi connectivity index (χ3n) is 3.47. The predicted octanol–water partition coefficient (Wildman–Crippen LogP) is 2.58. The molecule has 0 spiro atoms. The summed E-state index contributed by atoms with van der Waals surface area (Å²) >= 11 is 7.43. The summed E-state index contributed by atoms with van der Waals surface area (Å²) in [6.07, 6.45) is 1.67. The fourth-order valence-electron chi connectivity index (χ4n) is 2.43. The highest BCUT2D eigenvalue weighted by molar-refractivity contribution is 7.99. The molecule has 6 nitrogen and oxygen atoms in total. The highest BCUT2D eigenvalue weighted by atomic mass is 35.5. The van der Waals surface area contributed by atoms with E-state index in [-0.39, 0.29) is 23.9 Å². The van der Waals surface area contributed by atoms with Crippen molar-refractivity contribution < 1.29 is 9.53 Å². The van der Waals surface area contributed by atoms with E-state index < -0.39 is 0 Å². The van der Waals surface area contributed by atoms with Crippen LogP contribution in [0.4, 0.5) is 5.69 Å². The van der Waals surface area contributed by atoms with Crippen molar-refractivity contribution >= 4 is 35.0 Å². The van der Waals surface area contributed by atoms with Gasteiger partial charge >= 0.3 is 0 Å². The van der Waals surface area contributed by atoms with Crippen molar-refractivity contribution in [2.75, 3.05) is 18.2 Å². The number of aromatic nitrogens is 2. The molecule has 0 radical (unpaired) electrons. The highest BCUT2D eigenvalue weighted by Gasteiger charge is 2.27. The van der Waals surface area contributed by atoms with E-state index in [9.17, 15) is 9.59 Å². The number of amides is 1. The largest absolute Gasteiger partial charge is 0.495 e. The van der Waals surface area contributed by atoms with Crippen LogP contribution in [0.2, 0.25) is 5.02 Å². The molecule has 1 amide bonds. The summed E-state index contributed by atoms with van der Waals surface area (Å²) < 4.78 is 6.77. The number of methoxy groups -OCH3 is 1. The van der Waals surface area contributed by atoms with Crippen LogP contribution in [0.25, 0.3) is 0 Å². The molecule has 1 unspecified atom stereocenters. The molecular formula is C15H14ClN3O3S. The number of nitrogens with zero attached hydrogens (tertiary/aromatic N) is 2. The van der Waals surface area contributed by atoms with Crippen LogP contribution in [0.5, 0.6) is 5.75 Å². The second kappa shape index (κ2) is 6.64. The Morgan fingerprint density at radius 1 is 1.52 bits per heavy atom. The summed E-state index contributed by atoms with van der Waals surface area (Å²) in [6, 6.07) is 6.20. The SMILES string of the molecule is COc1ccc(Cl)cc1NC(=O)CC1CSc2nccc(=O)n21. The number of rotatable bonds is 4. The number of carbonyl (C=O) groups is 1. The quantitative estimate of drug-likeness (QED) is 0.857. The van der Waals surface area contributed by atoms with E-state index in [1.807, 2.05) is 0 Å². The van der Waals surface area contributed by atoms with Gasteiger partial charge in [-0.2, -0.15) is 0 Å². The van der Waals surface area contributed by atoms with E-state index >= 15 is 0 Å². The second-order valence-corrected chi connectivity index (χ2v) is 6.42. The molecule has 2 aromatic rings. The van der Waals surface area contributed by atoms with Gasteiger partial charge in [-0.3, -0.25) is 14.2 Å². The number of benzene rings is 1. The zero-order valence-electron chi connectivity index (χ0n) is 12.3. The van der Waals surface area contributed by atoms with Gasteiger partial charge in [0.1, 0.15) is 5.75 Å². The van der Waals surface area contributed by atoms with Crippen LogP contribution in [-0.2, 0) is 4.79 Å². The number of fused-ring (bicyclic) bond motifs is 1. The minimum atomic E-state index is -0.209. The average molecular weight is 352 g/mol. The van der Waals surface area contributed by atoms with Crippen LogP contribution in [-0.4, -0.2) is 28.3 Å². The molecule has 1 atom stereocenters. The lowest BCUT2D eigenvalue weighted by Gasteiger charge is -2.14. The van der Waals surface area contributed by atoms with Crippen LogP contribution < -0.4 is 15.6 Å². The second-order valence-electron chi connectivity index (χ2n) is 5.00. The minimum Gasteiger partial charge on any atom is -0.495 e. The van der Waals surface area contributed by atoms with Gasteiger partial charge in [0.2, 0.25) is 5.91 Å². The maximum atomic E-state index is 12.3. The van der Waals surface area contributed by atoms with Gasteiger partial charge in [-0.05, 0) is 18.2 Å². The maximum Gasteiger partial charge on any atom is 0.254 e. The smallest absolute Gasteiger partial charge is 0.254 e. The number of thioether (sulfide) groups is 1.